The summed E-state index contributed by atoms with van der Waals surface area (Å²) in [5.41, 5.74) is 5.66. The maximum absolute atomic E-state index is 17.3. The molecule has 9 rings (SSSR count). The quantitative estimate of drug-likeness (QED) is 0.229. The molecule has 0 radical (unpaired) electrons. The first-order chi connectivity index (χ1) is 25.6. The van der Waals surface area contributed by atoms with Gasteiger partial charge < -0.3 is 25.0 Å². The van der Waals surface area contributed by atoms with Crippen LogP contribution in [0.25, 0.3) is 32.1 Å². The van der Waals surface area contributed by atoms with Crippen LogP contribution in [0, 0.1) is 34.3 Å². The zero-order chi connectivity index (χ0) is 36.6. The third kappa shape index (κ3) is 5.77. The molecule has 1 spiro atoms. The molecule has 0 saturated carbocycles. The number of nitrogen functional groups attached to an aromatic ring is 1. The monoisotopic (exact) mass is 765 g/mol. The highest BCUT2D eigenvalue weighted by Gasteiger charge is 2.50. The number of hydrogen-bond donors (Lipinski definition) is 1. The van der Waals surface area contributed by atoms with Crippen LogP contribution in [0.5, 0.6) is 6.01 Å². The lowest BCUT2D eigenvalue weighted by molar-refractivity contribution is -0.147. The molecule has 0 aliphatic carbocycles. The Bertz CT molecular complexity index is 2190. The van der Waals surface area contributed by atoms with Crippen LogP contribution < -0.4 is 15.4 Å². The third-order valence-electron chi connectivity index (χ3n) is 12.1. The lowest BCUT2D eigenvalue weighted by Gasteiger charge is -2.52. The largest absolute Gasteiger partial charge is 0.461 e. The highest BCUT2D eigenvalue weighted by atomic mass is 35.5. The van der Waals surface area contributed by atoms with E-state index in [9.17, 15) is 14.4 Å². The molecule has 53 heavy (non-hydrogen) atoms. The number of rotatable bonds is 6. The van der Waals surface area contributed by atoms with E-state index in [1.54, 1.807) is 6.07 Å². The second kappa shape index (κ2) is 13.1. The molecule has 4 aromatic rings. The lowest BCUT2D eigenvalue weighted by atomic mass is 9.75. The van der Waals surface area contributed by atoms with Crippen LogP contribution in [0.1, 0.15) is 50.5 Å². The summed E-state index contributed by atoms with van der Waals surface area (Å²) in [6.45, 7) is 4.85. The van der Waals surface area contributed by atoms with Gasteiger partial charge in [0.25, 0.3) is 0 Å². The van der Waals surface area contributed by atoms with Crippen molar-refractivity contribution in [1.29, 1.82) is 5.26 Å². The van der Waals surface area contributed by atoms with E-state index in [1.807, 2.05) is 11.0 Å². The maximum Gasteiger partial charge on any atom is 0.319 e. The van der Waals surface area contributed by atoms with Gasteiger partial charge in [-0.2, -0.15) is 15.2 Å². The van der Waals surface area contributed by atoms with E-state index >= 15 is 8.78 Å². The van der Waals surface area contributed by atoms with E-state index in [2.05, 4.69) is 14.8 Å². The van der Waals surface area contributed by atoms with Crippen molar-refractivity contribution < 1.29 is 27.4 Å². The summed E-state index contributed by atoms with van der Waals surface area (Å²) in [6, 6.07) is 6.26. The van der Waals surface area contributed by atoms with Crippen LogP contribution in [0.2, 0.25) is 5.02 Å². The number of ether oxygens (including phenoxy) is 2. The van der Waals surface area contributed by atoms with Crippen LogP contribution in [-0.4, -0.2) is 96.5 Å². The van der Waals surface area contributed by atoms with Crippen molar-refractivity contribution in [2.75, 3.05) is 69.7 Å². The number of anilines is 2. The molecule has 2 aromatic heterocycles. The molecule has 2 aromatic carbocycles. The molecule has 278 valence electrons. The number of aromatic nitrogens is 2. The second-order valence-corrected chi connectivity index (χ2v) is 17.0. The zero-order valence-corrected chi connectivity index (χ0v) is 30.7. The van der Waals surface area contributed by atoms with E-state index in [-0.39, 0.29) is 72.2 Å². The average molecular weight is 766 g/mol. The smallest absolute Gasteiger partial charge is 0.319 e. The fourth-order valence-electron chi connectivity index (χ4n) is 9.58. The average Bonchev–Trinajstić information content (AvgIpc) is 3.89. The van der Waals surface area contributed by atoms with Gasteiger partial charge >= 0.3 is 6.01 Å². The van der Waals surface area contributed by atoms with Crippen molar-refractivity contribution in [3.63, 3.8) is 0 Å². The first-order valence-electron chi connectivity index (χ1n) is 18.3. The van der Waals surface area contributed by atoms with Gasteiger partial charge in [0.05, 0.1) is 33.3 Å². The molecule has 10 nitrogen and oxygen atoms in total. The molecular formula is C38H39ClF3N7O3S. The summed E-state index contributed by atoms with van der Waals surface area (Å²) in [5.74, 6) is -0.844. The Labute approximate surface area is 313 Å². The number of hydrogen-bond acceptors (Lipinski definition) is 10. The zero-order valence-electron chi connectivity index (χ0n) is 29.1. The molecule has 5 aliphatic rings. The number of nitrogens with two attached hydrogens (primary N) is 1. The van der Waals surface area contributed by atoms with E-state index in [4.69, 9.17) is 31.8 Å². The first kappa shape index (κ1) is 34.8. The molecule has 3 atom stereocenters. The minimum atomic E-state index is -0.950. The predicted molar refractivity (Wildman–Crippen MR) is 197 cm³/mol. The van der Waals surface area contributed by atoms with Crippen LogP contribution in [0.4, 0.5) is 24.0 Å². The third-order valence-corrected chi connectivity index (χ3v) is 13.5. The summed E-state index contributed by atoms with van der Waals surface area (Å²) in [6.07, 6.45) is 4.62. The number of nitriles is 1. The molecule has 5 fully saturated rings. The second-order valence-electron chi connectivity index (χ2n) is 15.5. The number of fused-ring (bicyclic) bond motifs is 3. The Morgan fingerprint density at radius 2 is 2.02 bits per heavy atom. The van der Waals surface area contributed by atoms with Crippen molar-refractivity contribution in [3.05, 3.63) is 40.4 Å². The van der Waals surface area contributed by atoms with Crippen molar-refractivity contribution in [2.24, 2.45) is 11.3 Å². The molecule has 0 unspecified atom stereocenters. The molecule has 15 heteroatoms. The van der Waals surface area contributed by atoms with Crippen molar-refractivity contribution in [3.8, 4) is 23.2 Å². The number of nitrogens with zero attached hydrogens (tertiary/aromatic N) is 6. The minimum absolute atomic E-state index is 0.0325. The van der Waals surface area contributed by atoms with Crippen LogP contribution >= 0.6 is 22.9 Å². The maximum atomic E-state index is 17.3. The van der Waals surface area contributed by atoms with E-state index in [0.29, 0.717) is 63.6 Å². The Hall–Kier alpha value is -3.90. The van der Waals surface area contributed by atoms with Gasteiger partial charge in [-0.25, -0.2) is 13.2 Å². The highest BCUT2D eigenvalue weighted by molar-refractivity contribution is 7.23. The Kier molecular flexibility index (Phi) is 8.64. The van der Waals surface area contributed by atoms with E-state index in [1.165, 1.54) is 12.1 Å². The summed E-state index contributed by atoms with van der Waals surface area (Å²) >= 11 is 7.88. The van der Waals surface area contributed by atoms with Crippen molar-refractivity contribution >= 4 is 60.7 Å². The number of halogens is 4. The van der Waals surface area contributed by atoms with Gasteiger partial charge in [0.1, 0.15) is 41.0 Å². The van der Waals surface area contributed by atoms with E-state index < -0.39 is 23.3 Å². The number of thiophene rings is 1. The SMILES string of the molecule is N#Cc1c(N)sc2c(F)ccc(-c3c(Cl)cc4c(N5CCCCC6(CN(C(=O)[C@H]7CCOC7)C6)C5)nc(OC[C@@]56CCCN5C[C@H](F)C6)nc4c3F)c12. The highest BCUT2D eigenvalue weighted by Crippen LogP contribution is 2.47. The van der Waals surface area contributed by atoms with Crippen molar-refractivity contribution in [1.82, 2.24) is 19.8 Å². The first-order valence-corrected chi connectivity index (χ1v) is 19.5. The number of likely N-dealkylation sites (tertiary alicyclic amines) is 1. The topological polar surface area (TPSA) is 121 Å². The number of carbonyl (C=O) groups is 1. The summed E-state index contributed by atoms with van der Waals surface area (Å²) in [4.78, 5) is 29.0. The summed E-state index contributed by atoms with van der Waals surface area (Å²) in [5, 5.41) is 10.7. The molecule has 0 bridgehead atoms. The van der Waals surface area contributed by atoms with Gasteiger partial charge in [0.2, 0.25) is 5.91 Å². The van der Waals surface area contributed by atoms with Gasteiger partial charge in [0, 0.05) is 67.5 Å². The predicted octanol–water partition coefficient (Wildman–Crippen LogP) is 6.71. The van der Waals surface area contributed by atoms with Crippen LogP contribution in [-0.2, 0) is 9.53 Å². The molecule has 5 saturated heterocycles. The number of benzene rings is 2. The van der Waals surface area contributed by atoms with Gasteiger partial charge in [-0.3, -0.25) is 9.69 Å². The normalized spacial score (nSPS) is 25.6. The van der Waals surface area contributed by atoms with Gasteiger partial charge in [-0.05, 0) is 56.3 Å². The van der Waals surface area contributed by atoms with Gasteiger partial charge in [0.15, 0.2) is 5.82 Å². The number of amides is 1. The summed E-state index contributed by atoms with van der Waals surface area (Å²) in [7, 11) is 0. The van der Waals surface area contributed by atoms with Gasteiger partial charge in [-0.15, -0.1) is 11.3 Å². The minimum Gasteiger partial charge on any atom is -0.461 e. The van der Waals surface area contributed by atoms with Crippen LogP contribution in [0.15, 0.2) is 18.2 Å². The molecule has 7 heterocycles. The Morgan fingerprint density at radius 1 is 1.17 bits per heavy atom. The fraction of sp³-hybridized carbons (Fsp3) is 0.526. The standard InChI is InChI=1S/C38H39ClF3N7O3S/c39-26-12-24-31(30(42)29(26)23-4-5-27(41)32-28(23)25(14-43)33(44)53-32)45-36(52-20-38-8-3-10-49(38)15-22(40)13-38)46-34(24)47-9-2-1-7-37(17-47)18-48(19-37)35(50)21-6-11-51-16-21/h4-5,12,21-22H,1-3,6-11,13,15-20,44H2/t21-,22+,38-/m0/s1. The lowest BCUT2D eigenvalue weighted by Crippen LogP contribution is -2.63. The summed E-state index contributed by atoms with van der Waals surface area (Å²) < 4.78 is 58.9. The number of alkyl halides is 1. The van der Waals surface area contributed by atoms with Crippen LogP contribution in [0.3, 0.4) is 0 Å². The fourth-order valence-corrected chi connectivity index (χ4v) is 10.8. The van der Waals surface area contributed by atoms with E-state index in [0.717, 1.165) is 56.4 Å². The number of carbonyl (C=O) groups excluding carboxylic acids is 1. The Morgan fingerprint density at radius 3 is 2.81 bits per heavy atom. The van der Waals surface area contributed by atoms with Gasteiger partial charge in [-0.1, -0.05) is 24.1 Å². The molecular weight excluding hydrogens is 727 g/mol. The molecule has 1 amide bonds. The Balaban J connectivity index is 1.14. The molecule has 5 aliphatic heterocycles. The molecule has 2 N–H and O–H groups in total. The van der Waals surface area contributed by atoms with Crippen molar-refractivity contribution in [2.45, 2.75) is 56.7 Å².